The van der Waals surface area contributed by atoms with Gasteiger partial charge in [-0.2, -0.15) is 0 Å². The number of aryl methyl sites for hydroxylation is 1. The molecule has 1 aliphatic rings. The summed E-state index contributed by atoms with van der Waals surface area (Å²) >= 11 is 1.99. The largest absolute Gasteiger partial charge is 0.314 e. The van der Waals surface area contributed by atoms with E-state index in [9.17, 15) is 0 Å². The molecule has 0 aromatic heterocycles. The first-order valence-electron chi connectivity index (χ1n) is 6.74. The second-order valence-electron chi connectivity index (χ2n) is 5.70. The molecule has 0 unspecified atom stereocenters. The van der Waals surface area contributed by atoms with Crippen LogP contribution in [0.25, 0.3) is 0 Å². The third-order valence-electron chi connectivity index (χ3n) is 3.23. The molecule has 0 saturated carbocycles. The SMILES string of the molecule is Cc1ccc(SC(C)(C)CN2CCNCC2)cc1. The molecule has 1 aromatic carbocycles. The van der Waals surface area contributed by atoms with E-state index < -0.39 is 0 Å². The molecule has 0 amide bonds. The highest BCUT2D eigenvalue weighted by Crippen LogP contribution is 2.33. The lowest BCUT2D eigenvalue weighted by Gasteiger charge is -2.34. The topological polar surface area (TPSA) is 15.3 Å². The maximum Gasteiger partial charge on any atom is 0.0277 e. The standard InChI is InChI=1S/C15H24N2S/c1-13-4-6-14(7-5-13)18-15(2,3)12-17-10-8-16-9-11-17/h4-7,16H,8-12H2,1-3H3. The van der Waals surface area contributed by atoms with Crippen LogP contribution < -0.4 is 5.32 Å². The van der Waals surface area contributed by atoms with Crippen molar-refractivity contribution in [1.29, 1.82) is 0 Å². The maximum absolute atomic E-state index is 3.41. The van der Waals surface area contributed by atoms with Crippen LogP contribution in [0.2, 0.25) is 0 Å². The Morgan fingerprint density at radius 1 is 1.17 bits per heavy atom. The van der Waals surface area contributed by atoms with E-state index in [1.54, 1.807) is 0 Å². The highest BCUT2D eigenvalue weighted by molar-refractivity contribution is 8.00. The number of hydrogen-bond donors (Lipinski definition) is 1. The normalized spacial score (nSPS) is 17.9. The Balaban J connectivity index is 1.91. The Hall–Kier alpha value is -0.510. The molecule has 1 aliphatic heterocycles. The monoisotopic (exact) mass is 264 g/mol. The van der Waals surface area contributed by atoms with Gasteiger partial charge < -0.3 is 5.32 Å². The minimum atomic E-state index is 0.270. The Morgan fingerprint density at radius 2 is 1.78 bits per heavy atom. The van der Waals surface area contributed by atoms with Crippen molar-refractivity contribution in [3.05, 3.63) is 29.8 Å². The van der Waals surface area contributed by atoms with Crippen LogP contribution in [0.4, 0.5) is 0 Å². The lowest BCUT2D eigenvalue weighted by atomic mass is 10.2. The van der Waals surface area contributed by atoms with Crippen LogP contribution >= 0.6 is 11.8 Å². The molecular formula is C15H24N2S. The van der Waals surface area contributed by atoms with Crippen molar-refractivity contribution in [2.45, 2.75) is 30.4 Å². The molecule has 1 heterocycles. The third-order valence-corrected chi connectivity index (χ3v) is 4.42. The average Bonchev–Trinajstić information content (AvgIpc) is 2.32. The van der Waals surface area contributed by atoms with Crippen molar-refractivity contribution in [2.24, 2.45) is 0 Å². The molecule has 18 heavy (non-hydrogen) atoms. The molecule has 0 radical (unpaired) electrons. The van der Waals surface area contributed by atoms with Gasteiger partial charge in [0.2, 0.25) is 0 Å². The van der Waals surface area contributed by atoms with E-state index in [2.05, 4.69) is 55.3 Å². The van der Waals surface area contributed by atoms with E-state index in [0.717, 1.165) is 19.6 Å². The molecule has 1 N–H and O–H groups in total. The van der Waals surface area contributed by atoms with Crippen molar-refractivity contribution in [3.63, 3.8) is 0 Å². The number of nitrogens with one attached hydrogen (secondary N) is 1. The van der Waals surface area contributed by atoms with Crippen LogP contribution in [0.5, 0.6) is 0 Å². The van der Waals surface area contributed by atoms with Gasteiger partial charge in [-0.15, -0.1) is 11.8 Å². The van der Waals surface area contributed by atoms with Crippen molar-refractivity contribution >= 4 is 11.8 Å². The van der Waals surface area contributed by atoms with Crippen LogP contribution in [0.1, 0.15) is 19.4 Å². The Morgan fingerprint density at radius 3 is 2.39 bits per heavy atom. The summed E-state index contributed by atoms with van der Waals surface area (Å²) in [6.45, 7) is 12.6. The lowest BCUT2D eigenvalue weighted by molar-refractivity contribution is 0.226. The summed E-state index contributed by atoms with van der Waals surface area (Å²) in [6, 6.07) is 8.87. The van der Waals surface area contributed by atoms with E-state index in [-0.39, 0.29) is 4.75 Å². The van der Waals surface area contributed by atoms with E-state index in [0.29, 0.717) is 0 Å². The summed E-state index contributed by atoms with van der Waals surface area (Å²) < 4.78 is 0.270. The quantitative estimate of drug-likeness (QED) is 0.842. The van der Waals surface area contributed by atoms with Crippen LogP contribution in [0.15, 0.2) is 29.2 Å². The second-order valence-corrected chi connectivity index (χ2v) is 7.48. The zero-order chi connectivity index (χ0) is 13.0. The first-order valence-corrected chi connectivity index (χ1v) is 7.56. The summed E-state index contributed by atoms with van der Waals surface area (Å²) in [5.41, 5.74) is 1.33. The van der Waals surface area contributed by atoms with Crippen molar-refractivity contribution in [2.75, 3.05) is 32.7 Å². The molecule has 1 saturated heterocycles. The molecule has 0 bridgehead atoms. The summed E-state index contributed by atoms with van der Waals surface area (Å²) in [7, 11) is 0. The lowest BCUT2D eigenvalue weighted by Crippen LogP contribution is -2.47. The molecule has 2 rings (SSSR count). The summed E-state index contributed by atoms with van der Waals surface area (Å²) in [5, 5.41) is 3.41. The molecule has 2 nitrogen and oxygen atoms in total. The number of nitrogens with zero attached hydrogens (tertiary/aromatic N) is 1. The van der Waals surface area contributed by atoms with Gasteiger partial charge in [-0.1, -0.05) is 17.7 Å². The molecule has 0 spiro atoms. The minimum Gasteiger partial charge on any atom is -0.314 e. The van der Waals surface area contributed by atoms with Gasteiger partial charge in [-0.3, -0.25) is 4.90 Å². The highest BCUT2D eigenvalue weighted by atomic mass is 32.2. The second kappa shape index (κ2) is 6.09. The molecular weight excluding hydrogens is 240 g/mol. The van der Waals surface area contributed by atoms with Crippen LogP contribution in [0.3, 0.4) is 0 Å². The zero-order valence-electron chi connectivity index (χ0n) is 11.7. The van der Waals surface area contributed by atoms with Crippen molar-refractivity contribution in [3.8, 4) is 0 Å². The highest BCUT2D eigenvalue weighted by Gasteiger charge is 2.23. The van der Waals surface area contributed by atoms with Gasteiger partial charge >= 0.3 is 0 Å². The summed E-state index contributed by atoms with van der Waals surface area (Å²) in [4.78, 5) is 3.94. The smallest absolute Gasteiger partial charge is 0.0277 e. The zero-order valence-corrected chi connectivity index (χ0v) is 12.5. The third kappa shape index (κ3) is 4.30. The van der Waals surface area contributed by atoms with E-state index in [4.69, 9.17) is 0 Å². The maximum atomic E-state index is 3.41. The fourth-order valence-electron chi connectivity index (χ4n) is 2.37. The van der Waals surface area contributed by atoms with Crippen molar-refractivity contribution < 1.29 is 0 Å². The fraction of sp³-hybridized carbons (Fsp3) is 0.600. The number of hydrogen-bond acceptors (Lipinski definition) is 3. The predicted molar refractivity (Wildman–Crippen MR) is 80.4 cm³/mol. The number of benzene rings is 1. The van der Waals surface area contributed by atoms with E-state index >= 15 is 0 Å². The predicted octanol–water partition coefficient (Wildman–Crippen LogP) is 2.77. The molecule has 0 aliphatic carbocycles. The summed E-state index contributed by atoms with van der Waals surface area (Å²) in [5.74, 6) is 0. The van der Waals surface area contributed by atoms with Gasteiger partial charge in [-0.25, -0.2) is 0 Å². The number of rotatable bonds is 4. The Bertz CT molecular complexity index is 367. The number of piperazine rings is 1. The first kappa shape index (κ1) is 13.9. The van der Waals surface area contributed by atoms with E-state index in [1.165, 1.54) is 23.5 Å². The van der Waals surface area contributed by atoms with Gasteiger partial charge in [0, 0.05) is 42.4 Å². The van der Waals surface area contributed by atoms with Gasteiger partial charge in [0.25, 0.3) is 0 Å². The van der Waals surface area contributed by atoms with Crippen molar-refractivity contribution in [1.82, 2.24) is 10.2 Å². The molecule has 100 valence electrons. The average molecular weight is 264 g/mol. The molecule has 0 atom stereocenters. The minimum absolute atomic E-state index is 0.270. The number of thioether (sulfide) groups is 1. The Labute approximate surface area is 115 Å². The van der Waals surface area contributed by atoms with Gasteiger partial charge in [0.15, 0.2) is 0 Å². The van der Waals surface area contributed by atoms with Crippen LogP contribution in [-0.2, 0) is 0 Å². The van der Waals surface area contributed by atoms with Crippen LogP contribution in [0, 0.1) is 6.92 Å². The van der Waals surface area contributed by atoms with Gasteiger partial charge in [0.1, 0.15) is 0 Å². The molecule has 3 heteroatoms. The molecule has 1 fully saturated rings. The fourth-order valence-corrected chi connectivity index (χ4v) is 3.52. The molecule has 1 aromatic rings. The first-order chi connectivity index (χ1) is 8.55. The van der Waals surface area contributed by atoms with Gasteiger partial charge in [-0.05, 0) is 32.9 Å². The van der Waals surface area contributed by atoms with E-state index in [1.807, 2.05) is 11.8 Å². The van der Waals surface area contributed by atoms with Crippen LogP contribution in [-0.4, -0.2) is 42.4 Å². The van der Waals surface area contributed by atoms with Gasteiger partial charge in [0.05, 0.1) is 0 Å². The Kier molecular flexibility index (Phi) is 4.71. The summed E-state index contributed by atoms with van der Waals surface area (Å²) in [6.07, 6.45) is 0.